The molecule has 1 nitrogen and oxygen atoms in total. The van der Waals surface area contributed by atoms with Gasteiger partial charge in [-0.2, -0.15) is 0 Å². The molecule has 2 aliphatic rings. The van der Waals surface area contributed by atoms with E-state index in [0.717, 1.165) is 29.3 Å². The summed E-state index contributed by atoms with van der Waals surface area (Å²) in [6.45, 7) is 2.29. The van der Waals surface area contributed by atoms with Crippen LogP contribution in [0.15, 0.2) is 24.3 Å². The van der Waals surface area contributed by atoms with Gasteiger partial charge in [-0.15, -0.1) is 0 Å². The molecule has 3 rings (SSSR count). The van der Waals surface area contributed by atoms with E-state index in [1.54, 1.807) is 0 Å². The summed E-state index contributed by atoms with van der Waals surface area (Å²) < 4.78 is 0. The minimum Gasteiger partial charge on any atom is -0.311 e. The van der Waals surface area contributed by atoms with Crippen molar-refractivity contribution in [1.29, 1.82) is 0 Å². The van der Waals surface area contributed by atoms with Crippen LogP contribution in [0.2, 0.25) is 5.02 Å². The van der Waals surface area contributed by atoms with Crippen LogP contribution in [-0.2, 0) is 6.42 Å². The Balaban J connectivity index is 1.56. The number of nitrogens with one attached hydrogen (secondary N) is 1. The molecule has 4 unspecified atom stereocenters. The summed E-state index contributed by atoms with van der Waals surface area (Å²) in [5, 5.41) is 4.73. The maximum absolute atomic E-state index is 6.22. The molecule has 4 atom stereocenters. The number of benzene rings is 1. The van der Waals surface area contributed by atoms with Gasteiger partial charge >= 0.3 is 0 Å². The fourth-order valence-corrected chi connectivity index (χ4v) is 4.08. The highest BCUT2D eigenvalue weighted by Gasteiger charge is 2.39. The monoisotopic (exact) mass is 263 g/mol. The first-order valence-corrected chi connectivity index (χ1v) is 7.59. The Kier molecular flexibility index (Phi) is 3.63. The van der Waals surface area contributed by atoms with Crippen LogP contribution in [0.1, 0.15) is 38.2 Å². The molecule has 0 amide bonds. The number of halogens is 1. The quantitative estimate of drug-likeness (QED) is 0.864. The summed E-state index contributed by atoms with van der Waals surface area (Å²) in [6, 6.07) is 9.49. The molecule has 1 N–H and O–H groups in total. The molecule has 0 spiro atoms. The van der Waals surface area contributed by atoms with Gasteiger partial charge < -0.3 is 5.32 Å². The molecule has 18 heavy (non-hydrogen) atoms. The first kappa shape index (κ1) is 12.5. The second kappa shape index (κ2) is 5.22. The number of hydrogen-bond donors (Lipinski definition) is 1. The second-order valence-corrected chi connectivity index (χ2v) is 6.55. The van der Waals surface area contributed by atoms with E-state index in [-0.39, 0.29) is 0 Å². The van der Waals surface area contributed by atoms with Gasteiger partial charge in [0.2, 0.25) is 0 Å². The Bertz CT molecular complexity index is 417. The zero-order valence-electron chi connectivity index (χ0n) is 11.0. The molecule has 1 aromatic rings. The van der Waals surface area contributed by atoms with Crippen molar-refractivity contribution in [2.24, 2.45) is 11.8 Å². The molecular weight excluding hydrogens is 242 g/mol. The van der Waals surface area contributed by atoms with Crippen molar-refractivity contribution in [3.8, 4) is 0 Å². The lowest BCUT2D eigenvalue weighted by Crippen LogP contribution is -2.40. The molecule has 1 aromatic carbocycles. The largest absolute Gasteiger partial charge is 0.311 e. The smallest absolute Gasteiger partial charge is 0.0438 e. The minimum absolute atomic E-state index is 0.522. The van der Waals surface area contributed by atoms with Crippen molar-refractivity contribution in [1.82, 2.24) is 5.32 Å². The van der Waals surface area contributed by atoms with Crippen LogP contribution in [0.3, 0.4) is 0 Å². The van der Waals surface area contributed by atoms with Crippen molar-refractivity contribution in [3.05, 3.63) is 34.9 Å². The average Bonchev–Trinajstić information content (AvgIpc) is 2.94. The van der Waals surface area contributed by atoms with Gasteiger partial charge in [-0.25, -0.2) is 0 Å². The topological polar surface area (TPSA) is 12.0 Å². The molecule has 0 radical (unpaired) electrons. The Morgan fingerprint density at radius 3 is 2.78 bits per heavy atom. The van der Waals surface area contributed by atoms with Gasteiger partial charge in [-0.3, -0.25) is 0 Å². The third-order valence-electron chi connectivity index (χ3n) is 4.72. The van der Waals surface area contributed by atoms with Crippen LogP contribution < -0.4 is 5.32 Å². The van der Waals surface area contributed by atoms with Crippen LogP contribution in [0, 0.1) is 11.8 Å². The summed E-state index contributed by atoms with van der Waals surface area (Å²) in [5.41, 5.74) is 1.27. The molecule has 0 aromatic heterocycles. The van der Waals surface area contributed by atoms with E-state index in [2.05, 4.69) is 24.4 Å². The molecule has 2 fully saturated rings. The molecule has 2 aliphatic carbocycles. The van der Waals surface area contributed by atoms with Crippen molar-refractivity contribution < 1.29 is 0 Å². The highest BCUT2D eigenvalue weighted by atomic mass is 35.5. The van der Waals surface area contributed by atoms with E-state index < -0.39 is 0 Å². The van der Waals surface area contributed by atoms with Crippen LogP contribution in [-0.4, -0.2) is 12.1 Å². The van der Waals surface area contributed by atoms with Gasteiger partial charge in [-0.1, -0.05) is 36.2 Å². The Morgan fingerprint density at radius 2 is 2.11 bits per heavy atom. The van der Waals surface area contributed by atoms with E-state index in [4.69, 9.17) is 11.6 Å². The lowest BCUT2D eigenvalue weighted by Gasteiger charge is -2.27. The zero-order valence-corrected chi connectivity index (χ0v) is 11.8. The van der Waals surface area contributed by atoms with Gasteiger partial charge in [-0.05, 0) is 56.1 Å². The number of rotatable bonds is 4. The Hall–Kier alpha value is -0.530. The summed E-state index contributed by atoms with van der Waals surface area (Å²) in [4.78, 5) is 0. The van der Waals surface area contributed by atoms with Gasteiger partial charge in [0.1, 0.15) is 0 Å². The fourth-order valence-electron chi connectivity index (χ4n) is 3.87. The molecular formula is C16H22ClN. The highest BCUT2D eigenvalue weighted by Crippen LogP contribution is 2.44. The van der Waals surface area contributed by atoms with Crippen LogP contribution in [0.4, 0.5) is 0 Å². The lowest BCUT2D eigenvalue weighted by molar-refractivity contribution is 0.323. The Morgan fingerprint density at radius 1 is 1.28 bits per heavy atom. The molecule has 0 aliphatic heterocycles. The molecule has 98 valence electrons. The third kappa shape index (κ3) is 2.57. The van der Waals surface area contributed by atoms with Crippen molar-refractivity contribution in [2.45, 2.75) is 51.1 Å². The van der Waals surface area contributed by atoms with E-state index in [1.165, 1.54) is 31.2 Å². The second-order valence-electron chi connectivity index (χ2n) is 6.14. The van der Waals surface area contributed by atoms with Crippen molar-refractivity contribution >= 4 is 11.6 Å². The fraction of sp³-hybridized carbons (Fsp3) is 0.625. The van der Waals surface area contributed by atoms with Gasteiger partial charge in [0, 0.05) is 17.1 Å². The van der Waals surface area contributed by atoms with Gasteiger partial charge in [0.15, 0.2) is 0 Å². The van der Waals surface area contributed by atoms with E-state index in [1.807, 2.05) is 12.1 Å². The number of hydrogen-bond acceptors (Lipinski definition) is 1. The first-order chi connectivity index (χ1) is 8.72. The van der Waals surface area contributed by atoms with Gasteiger partial charge in [0.05, 0.1) is 0 Å². The average molecular weight is 264 g/mol. The highest BCUT2D eigenvalue weighted by molar-refractivity contribution is 6.31. The minimum atomic E-state index is 0.522. The first-order valence-electron chi connectivity index (χ1n) is 7.22. The molecule has 2 bridgehead atoms. The zero-order chi connectivity index (χ0) is 12.5. The number of fused-ring (bicyclic) bond motifs is 2. The lowest BCUT2D eigenvalue weighted by atomic mass is 9.94. The van der Waals surface area contributed by atoms with Crippen molar-refractivity contribution in [2.75, 3.05) is 0 Å². The SMILES string of the molecule is CC(Cc1ccccc1Cl)NC1CC2CCC1C2. The molecule has 0 saturated heterocycles. The van der Waals surface area contributed by atoms with E-state index in [0.29, 0.717) is 6.04 Å². The Labute approximate surface area is 115 Å². The normalized spacial score (nSPS) is 31.8. The maximum Gasteiger partial charge on any atom is 0.0438 e. The third-order valence-corrected chi connectivity index (χ3v) is 5.09. The summed E-state index contributed by atoms with van der Waals surface area (Å²) in [7, 11) is 0. The summed E-state index contributed by atoms with van der Waals surface area (Å²) >= 11 is 6.22. The summed E-state index contributed by atoms with van der Waals surface area (Å²) in [6.07, 6.45) is 6.82. The standard InChI is InChI=1S/C16H22ClN/c1-11(8-13-4-2-3-5-15(13)17)18-16-10-12-6-7-14(16)9-12/h2-5,11-12,14,16,18H,6-10H2,1H3. The molecule has 2 saturated carbocycles. The van der Waals surface area contributed by atoms with E-state index >= 15 is 0 Å². The van der Waals surface area contributed by atoms with Crippen LogP contribution in [0.25, 0.3) is 0 Å². The van der Waals surface area contributed by atoms with Gasteiger partial charge in [0.25, 0.3) is 0 Å². The maximum atomic E-state index is 6.22. The van der Waals surface area contributed by atoms with E-state index in [9.17, 15) is 0 Å². The van der Waals surface area contributed by atoms with Crippen LogP contribution >= 0.6 is 11.6 Å². The molecule has 2 heteroatoms. The van der Waals surface area contributed by atoms with Crippen molar-refractivity contribution in [3.63, 3.8) is 0 Å². The molecule has 0 heterocycles. The predicted molar refractivity (Wildman–Crippen MR) is 77.0 cm³/mol. The summed E-state index contributed by atoms with van der Waals surface area (Å²) in [5.74, 6) is 1.96. The van der Waals surface area contributed by atoms with Crippen LogP contribution in [0.5, 0.6) is 0 Å². The predicted octanol–water partition coefficient (Wildman–Crippen LogP) is 4.05.